The lowest BCUT2D eigenvalue weighted by molar-refractivity contribution is 0.00106. The van der Waals surface area contributed by atoms with Gasteiger partial charge in [-0.1, -0.05) is 117 Å². The van der Waals surface area contributed by atoms with Crippen molar-refractivity contribution in [1.82, 2.24) is 0 Å². The first-order valence-corrected chi connectivity index (χ1v) is 15.8. The second-order valence-electron chi connectivity index (χ2n) is 9.54. The quantitative estimate of drug-likeness (QED) is 0.0828. The first-order chi connectivity index (χ1) is 16.3. The zero-order valence-electron chi connectivity index (χ0n) is 23.1. The van der Waals surface area contributed by atoms with E-state index < -0.39 is 10.0 Å². The molecule has 0 aliphatic heterocycles. The Balaban J connectivity index is 3.75. The Morgan fingerprint density at radius 2 is 0.788 bits per heavy atom. The van der Waals surface area contributed by atoms with Crippen LogP contribution in [0.4, 0.5) is 0 Å². The van der Waals surface area contributed by atoms with Crippen molar-refractivity contribution in [3.63, 3.8) is 0 Å². The van der Waals surface area contributed by atoms with Gasteiger partial charge in [0, 0.05) is 13.2 Å². The van der Waals surface area contributed by atoms with E-state index in [-0.39, 0.29) is 12.2 Å². The average molecular weight is 489 g/mol. The standard InChI is InChI=1S/C28H60O4Si/c1-5-9-11-13-15-17-19-21-23-27(29-7-3)25-31-33-32-26-28(30-8-4)24-22-20-18-16-14-12-10-6-2/h27-28H,5-26,33H2,1-4H3. The van der Waals surface area contributed by atoms with E-state index in [0.29, 0.717) is 13.2 Å². The van der Waals surface area contributed by atoms with Gasteiger partial charge in [-0.2, -0.15) is 0 Å². The smallest absolute Gasteiger partial charge is 0.304 e. The van der Waals surface area contributed by atoms with Crippen molar-refractivity contribution in [1.29, 1.82) is 0 Å². The summed E-state index contributed by atoms with van der Waals surface area (Å²) in [5.41, 5.74) is 0. The molecule has 0 bridgehead atoms. The van der Waals surface area contributed by atoms with Gasteiger partial charge in [0.25, 0.3) is 0 Å². The molecule has 0 heterocycles. The third-order valence-electron chi connectivity index (χ3n) is 6.34. The molecule has 0 aromatic heterocycles. The molecule has 0 amide bonds. The molecule has 5 heteroatoms. The number of ether oxygens (including phenoxy) is 2. The van der Waals surface area contributed by atoms with Crippen LogP contribution in [0.5, 0.6) is 0 Å². The van der Waals surface area contributed by atoms with Crippen LogP contribution in [0.2, 0.25) is 0 Å². The molecule has 0 aliphatic carbocycles. The molecule has 0 aromatic rings. The van der Waals surface area contributed by atoms with Gasteiger partial charge < -0.3 is 18.3 Å². The highest BCUT2D eigenvalue weighted by atomic mass is 28.3. The van der Waals surface area contributed by atoms with E-state index in [9.17, 15) is 0 Å². The highest BCUT2D eigenvalue weighted by molar-refractivity contribution is 6.17. The van der Waals surface area contributed by atoms with Gasteiger partial charge in [0.15, 0.2) is 0 Å². The fraction of sp³-hybridized carbons (Fsp3) is 1.00. The van der Waals surface area contributed by atoms with E-state index in [1.165, 1.54) is 103 Å². The Morgan fingerprint density at radius 1 is 0.455 bits per heavy atom. The van der Waals surface area contributed by atoms with Crippen LogP contribution >= 0.6 is 0 Å². The summed E-state index contributed by atoms with van der Waals surface area (Å²) in [6.45, 7) is 11.6. The van der Waals surface area contributed by atoms with Gasteiger partial charge >= 0.3 is 10.0 Å². The molecule has 33 heavy (non-hydrogen) atoms. The molecule has 0 saturated heterocycles. The lowest BCUT2D eigenvalue weighted by Crippen LogP contribution is -2.25. The lowest BCUT2D eigenvalue weighted by atomic mass is 10.1. The van der Waals surface area contributed by atoms with Crippen molar-refractivity contribution < 1.29 is 18.3 Å². The van der Waals surface area contributed by atoms with Gasteiger partial charge in [-0.05, 0) is 26.7 Å². The third-order valence-corrected chi connectivity index (χ3v) is 7.14. The van der Waals surface area contributed by atoms with E-state index in [4.69, 9.17) is 18.3 Å². The zero-order chi connectivity index (χ0) is 24.2. The molecule has 2 unspecified atom stereocenters. The summed E-state index contributed by atoms with van der Waals surface area (Å²) in [5.74, 6) is 0. The number of unbranched alkanes of at least 4 members (excludes halogenated alkanes) is 14. The summed E-state index contributed by atoms with van der Waals surface area (Å²) in [6, 6.07) is 0. The first-order valence-electron chi connectivity index (χ1n) is 14.7. The molecule has 0 radical (unpaired) electrons. The molecule has 200 valence electrons. The minimum Gasteiger partial charge on any atom is -0.396 e. The molecule has 0 saturated carbocycles. The molecule has 4 nitrogen and oxygen atoms in total. The maximum Gasteiger partial charge on any atom is 0.304 e. The summed E-state index contributed by atoms with van der Waals surface area (Å²) >= 11 is 0. The van der Waals surface area contributed by atoms with Gasteiger partial charge in [0.1, 0.15) is 0 Å². The monoisotopic (exact) mass is 488 g/mol. The van der Waals surface area contributed by atoms with Crippen LogP contribution in [0.3, 0.4) is 0 Å². The predicted octanol–water partition coefficient (Wildman–Crippen LogP) is 7.89. The van der Waals surface area contributed by atoms with Crippen LogP contribution < -0.4 is 0 Å². The molecule has 0 aliphatic rings. The molecular weight excluding hydrogens is 428 g/mol. The third kappa shape index (κ3) is 25.0. The maximum atomic E-state index is 5.93. The van der Waals surface area contributed by atoms with Gasteiger partial charge in [-0.15, -0.1) is 0 Å². The second kappa shape index (κ2) is 28.3. The van der Waals surface area contributed by atoms with E-state index in [1.54, 1.807) is 0 Å². The van der Waals surface area contributed by atoms with Crippen LogP contribution in [0.25, 0.3) is 0 Å². The zero-order valence-corrected chi connectivity index (χ0v) is 24.5. The molecule has 2 atom stereocenters. The van der Waals surface area contributed by atoms with Gasteiger partial charge in [-0.3, -0.25) is 0 Å². The maximum absolute atomic E-state index is 5.93. The van der Waals surface area contributed by atoms with Crippen molar-refractivity contribution in [2.45, 2.75) is 155 Å². The summed E-state index contributed by atoms with van der Waals surface area (Å²) in [4.78, 5) is 0. The second-order valence-corrected chi connectivity index (χ2v) is 10.6. The normalized spacial score (nSPS) is 13.8. The van der Waals surface area contributed by atoms with Gasteiger partial charge in [-0.25, -0.2) is 0 Å². The van der Waals surface area contributed by atoms with Crippen LogP contribution in [0.1, 0.15) is 143 Å². The van der Waals surface area contributed by atoms with E-state index in [2.05, 4.69) is 27.7 Å². The highest BCUT2D eigenvalue weighted by Crippen LogP contribution is 2.14. The molecule has 0 rings (SSSR count). The molecule has 0 aromatic carbocycles. The Bertz CT molecular complexity index is 325. The van der Waals surface area contributed by atoms with Crippen molar-refractivity contribution in [2.24, 2.45) is 0 Å². The fourth-order valence-corrected chi connectivity index (χ4v) is 5.17. The van der Waals surface area contributed by atoms with Crippen molar-refractivity contribution >= 4 is 10.0 Å². The summed E-state index contributed by atoms with van der Waals surface area (Å²) in [6.07, 6.45) is 24.3. The Morgan fingerprint density at radius 3 is 1.12 bits per heavy atom. The fourth-order valence-electron chi connectivity index (χ4n) is 4.33. The molecule has 0 N–H and O–H groups in total. The van der Waals surface area contributed by atoms with Crippen LogP contribution in [-0.2, 0) is 18.3 Å². The van der Waals surface area contributed by atoms with Crippen LogP contribution in [0.15, 0.2) is 0 Å². The largest absolute Gasteiger partial charge is 0.396 e. The van der Waals surface area contributed by atoms with Crippen molar-refractivity contribution in [3.05, 3.63) is 0 Å². The van der Waals surface area contributed by atoms with Crippen molar-refractivity contribution in [3.8, 4) is 0 Å². The number of hydrogen-bond donors (Lipinski definition) is 0. The topological polar surface area (TPSA) is 36.9 Å². The van der Waals surface area contributed by atoms with Gasteiger partial charge in [0.2, 0.25) is 0 Å². The Kier molecular flexibility index (Phi) is 28.3. The van der Waals surface area contributed by atoms with Gasteiger partial charge in [0.05, 0.1) is 25.4 Å². The highest BCUT2D eigenvalue weighted by Gasteiger charge is 2.11. The number of hydrogen-bond acceptors (Lipinski definition) is 4. The van der Waals surface area contributed by atoms with Crippen molar-refractivity contribution in [2.75, 3.05) is 26.4 Å². The number of rotatable bonds is 28. The van der Waals surface area contributed by atoms with E-state index >= 15 is 0 Å². The molecular formula is C28H60O4Si. The first kappa shape index (κ1) is 33.1. The lowest BCUT2D eigenvalue weighted by Gasteiger charge is -2.19. The van der Waals surface area contributed by atoms with Crippen LogP contribution in [0, 0.1) is 0 Å². The van der Waals surface area contributed by atoms with Crippen LogP contribution in [-0.4, -0.2) is 48.6 Å². The minimum atomic E-state index is -0.958. The van der Waals surface area contributed by atoms with E-state index in [0.717, 1.165) is 26.1 Å². The summed E-state index contributed by atoms with van der Waals surface area (Å²) < 4.78 is 23.6. The summed E-state index contributed by atoms with van der Waals surface area (Å²) in [7, 11) is -0.958. The summed E-state index contributed by atoms with van der Waals surface area (Å²) in [5, 5.41) is 0. The minimum absolute atomic E-state index is 0.228. The molecule has 0 fully saturated rings. The van der Waals surface area contributed by atoms with E-state index in [1.807, 2.05) is 0 Å². The Labute approximate surface area is 210 Å². The average Bonchev–Trinajstić information content (AvgIpc) is 2.82. The predicted molar refractivity (Wildman–Crippen MR) is 146 cm³/mol. The Hall–Kier alpha value is 0.0569. The molecule has 0 spiro atoms. The SMILES string of the molecule is CCCCCCCCCCC(CO[SiH2]OCC(CCCCCCCCCC)OCC)OCC.